The minimum atomic E-state index is -2.48. The summed E-state index contributed by atoms with van der Waals surface area (Å²) in [5.74, 6) is -8.62. The number of ketones is 3. The SMILES string of the molecule is CO[C@H]1C[C@@H]2CC[C@@H](C)[C@@](O)(O2)C(=O)C(=O)N2CCCC[C@H]2C(=O)O[C@H]([C@H](C)C[C@@H]2CC[C@@H](OC(=O)CCCOCCOCCOCCOCCOCCOCCC(=O)N3CCc4cc(Cn5nc(-c6ccc7oc(N)nc7c6)c6c(N)ncnc65)ccc4C3)[C@H](OC)C2)CC(=O)[C@H](C)/C=C(\C)[C@@H](O)[C@@H](OC)C(=O)[C@H](C)C[C@H](C)/C=C/C=C/C=C/1C. The first kappa shape index (κ1) is 94.7. The van der Waals surface area contributed by atoms with Crippen molar-refractivity contribution in [1.29, 1.82) is 0 Å². The van der Waals surface area contributed by atoms with Crippen LogP contribution >= 0.6 is 0 Å². The van der Waals surface area contributed by atoms with Crippen LogP contribution in [0.15, 0.2) is 94.7 Å². The summed E-state index contributed by atoms with van der Waals surface area (Å²) in [6.45, 7) is 18.5. The maximum absolute atomic E-state index is 14.8. The number of nitrogens with zero attached hydrogens (tertiary/aromatic N) is 7. The number of carbonyl (C=O) groups is 7. The number of amides is 2. The molecule has 2 saturated heterocycles. The molecule has 121 heavy (non-hydrogen) atoms. The highest BCUT2D eigenvalue weighted by Crippen LogP contribution is 2.40. The van der Waals surface area contributed by atoms with Gasteiger partial charge in [0.2, 0.25) is 11.7 Å². The van der Waals surface area contributed by atoms with Crippen LogP contribution in [-0.4, -0.2) is 254 Å². The average Bonchev–Trinajstić information content (AvgIpc) is 1.63. The van der Waals surface area contributed by atoms with Crippen molar-refractivity contribution in [2.75, 3.05) is 125 Å². The first-order chi connectivity index (χ1) is 58.3. The number of ether oxygens (including phenoxy) is 12. The minimum Gasteiger partial charge on any atom is -0.460 e. The molecule has 3 fully saturated rings. The predicted molar refractivity (Wildman–Crippen MR) is 450 cm³/mol. The number of methoxy groups -OCH3 is 3. The zero-order valence-electron chi connectivity index (χ0n) is 72.1. The minimum absolute atomic E-state index is 0.00538. The van der Waals surface area contributed by atoms with Gasteiger partial charge < -0.3 is 92.7 Å². The van der Waals surface area contributed by atoms with Gasteiger partial charge in [0.1, 0.15) is 59.6 Å². The van der Waals surface area contributed by atoms with Crippen LogP contribution in [0.4, 0.5) is 11.8 Å². The van der Waals surface area contributed by atoms with Gasteiger partial charge in [-0.2, -0.15) is 10.1 Å². The van der Waals surface area contributed by atoms with E-state index in [1.165, 1.54) is 23.9 Å². The van der Waals surface area contributed by atoms with Crippen LogP contribution < -0.4 is 11.5 Å². The van der Waals surface area contributed by atoms with Gasteiger partial charge in [0.05, 0.1) is 109 Å². The van der Waals surface area contributed by atoms with E-state index in [0.29, 0.717) is 202 Å². The lowest BCUT2D eigenvalue weighted by Gasteiger charge is -2.42. The molecule has 6 N–H and O–H groups in total. The van der Waals surface area contributed by atoms with Gasteiger partial charge in [-0.25, -0.2) is 19.4 Å². The summed E-state index contributed by atoms with van der Waals surface area (Å²) in [6.07, 6.45) is 13.2. The maximum Gasteiger partial charge on any atom is 0.329 e. The number of fused-ring (bicyclic) bond motifs is 6. The van der Waals surface area contributed by atoms with Crippen molar-refractivity contribution in [3.63, 3.8) is 0 Å². The van der Waals surface area contributed by atoms with Gasteiger partial charge in [-0.3, -0.25) is 28.8 Å². The molecule has 0 spiro atoms. The second-order valence-corrected chi connectivity index (χ2v) is 32.9. The van der Waals surface area contributed by atoms with Crippen LogP contribution in [0.3, 0.4) is 0 Å². The fourth-order valence-corrected chi connectivity index (χ4v) is 16.8. The molecule has 5 aromatic rings. The molecule has 0 unspecified atom stereocenters. The molecule has 15 atom stereocenters. The Morgan fingerprint density at radius 3 is 2.14 bits per heavy atom. The molecule has 31 heteroatoms. The number of aliphatic hydroxyl groups is 2. The van der Waals surface area contributed by atoms with Crippen molar-refractivity contribution in [2.45, 2.75) is 219 Å². The van der Waals surface area contributed by atoms with Gasteiger partial charge in [0.25, 0.3) is 17.7 Å². The Morgan fingerprint density at radius 2 is 1.44 bits per heavy atom. The highest BCUT2D eigenvalue weighted by molar-refractivity contribution is 6.39. The Morgan fingerprint density at radius 1 is 0.727 bits per heavy atom. The zero-order valence-corrected chi connectivity index (χ0v) is 72.1. The molecule has 31 nitrogen and oxygen atoms in total. The molecule has 1 saturated carbocycles. The van der Waals surface area contributed by atoms with E-state index in [4.69, 9.17) is 77.8 Å². The summed E-state index contributed by atoms with van der Waals surface area (Å²) in [5.41, 5.74) is 19.9. The molecule has 2 aromatic carbocycles. The number of nitrogen functional groups attached to an aromatic ring is 2. The maximum atomic E-state index is 14.8. The third kappa shape index (κ3) is 26.5. The smallest absolute Gasteiger partial charge is 0.329 e. The Labute approximate surface area is 709 Å². The number of aromatic nitrogens is 5. The number of anilines is 2. The number of oxazole rings is 1. The number of rotatable bonds is 32. The third-order valence-corrected chi connectivity index (χ3v) is 23.9. The molecule has 4 aliphatic heterocycles. The number of esters is 2. The highest BCUT2D eigenvalue weighted by atomic mass is 16.6. The number of cyclic esters (lactones) is 1. The zero-order chi connectivity index (χ0) is 86.7. The number of nitrogens with two attached hydrogens (primary N) is 2. The summed E-state index contributed by atoms with van der Waals surface area (Å²) >= 11 is 0. The molecule has 664 valence electrons. The van der Waals surface area contributed by atoms with E-state index in [0.717, 1.165) is 28.7 Å². The lowest BCUT2D eigenvalue weighted by atomic mass is 9.78. The average molecular weight is 1690 g/mol. The summed E-state index contributed by atoms with van der Waals surface area (Å²) in [4.78, 5) is 115. The van der Waals surface area contributed by atoms with Crippen molar-refractivity contribution in [2.24, 2.45) is 35.5 Å². The van der Waals surface area contributed by atoms with E-state index in [9.17, 15) is 43.8 Å². The fourth-order valence-electron chi connectivity index (χ4n) is 16.8. The number of allylic oxidation sites excluding steroid dienone is 6. The van der Waals surface area contributed by atoms with Crippen molar-refractivity contribution >= 4 is 75.1 Å². The molecule has 0 radical (unpaired) electrons. The van der Waals surface area contributed by atoms with Gasteiger partial charge in [0.15, 0.2) is 17.0 Å². The van der Waals surface area contributed by atoms with Crippen LogP contribution in [0.2, 0.25) is 0 Å². The Balaban J connectivity index is 0.589. The van der Waals surface area contributed by atoms with Crippen LogP contribution in [0.5, 0.6) is 0 Å². The van der Waals surface area contributed by atoms with Crippen LogP contribution in [0.25, 0.3) is 33.4 Å². The van der Waals surface area contributed by atoms with Crippen LogP contribution in [0.1, 0.15) is 161 Å². The van der Waals surface area contributed by atoms with Crippen LogP contribution in [-0.2, 0) is 110 Å². The monoisotopic (exact) mass is 1690 g/mol. The lowest BCUT2D eigenvalue weighted by Crippen LogP contribution is -2.61. The molecule has 10 rings (SSSR count). The highest BCUT2D eigenvalue weighted by Gasteiger charge is 2.53. The number of aliphatic hydroxyl groups excluding tert-OH is 1. The summed E-state index contributed by atoms with van der Waals surface area (Å²) < 4.78 is 77.4. The van der Waals surface area contributed by atoms with Gasteiger partial charge in [-0.15, -0.1) is 0 Å². The predicted octanol–water partition coefficient (Wildman–Crippen LogP) is 9.75. The molecule has 3 aromatic heterocycles. The van der Waals surface area contributed by atoms with E-state index < -0.39 is 95.9 Å². The summed E-state index contributed by atoms with van der Waals surface area (Å²) in [5, 5.41) is 29.4. The van der Waals surface area contributed by atoms with E-state index >= 15 is 0 Å². The number of carbonyl (C=O) groups excluding carboxylic acids is 7. The number of hydrogen-bond acceptors (Lipinski definition) is 28. The van der Waals surface area contributed by atoms with Gasteiger partial charge in [0, 0.05) is 90.2 Å². The van der Waals surface area contributed by atoms with Crippen molar-refractivity contribution in [1.82, 2.24) is 34.5 Å². The molecule has 2 amide bonds. The molecule has 7 heterocycles. The fraction of sp³-hybridized carbons (Fsp3) is 0.633. The molecule has 5 aliphatic rings. The largest absolute Gasteiger partial charge is 0.460 e. The van der Waals surface area contributed by atoms with Crippen molar-refractivity contribution < 1.29 is 105 Å². The van der Waals surface area contributed by atoms with E-state index in [-0.39, 0.29) is 79.9 Å². The number of Topliss-reactive ketones (excluding diaryl/α,β-unsaturated/α-hetero) is 3. The Kier molecular flexibility index (Phi) is 36.6. The topological polar surface area (TPSA) is 399 Å². The third-order valence-electron chi connectivity index (χ3n) is 23.9. The second-order valence-electron chi connectivity index (χ2n) is 32.9. The standard InChI is InChI=1S/C90H127N9O22/c1-56-17-12-11-13-18-57(2)74(109-8)51-68-26-21-62(7)90(108,121-68)84(105)87(106)98-31-15-14-19-70(98)88(107)119-75(52-71(100)58(3)46-61(6)82(104)83(111-10)81(103)60(5)45-56)59(4)47-63-23-27-73(76(49-63)110-9)118-78(102)20-16-33-112-35-37-114-39-41-116-43-44-117-42-40-115-38-36-113-34-30-77(101)97-32-29-65-48-64(22-24-67(65)54-97)53-99-86-79(85(91)93-55-94-86)80(96-99)66-25-28-72-69(50-66)95-89(92)120-72/h11-13,17-18,22,24-25,28,46,48,50,55-56,58-60,62-63,68,70,73-76,82-83,104,108H,14-16,19-21,23,26-27,29-45,47,49,51-54H2,1-10H3,(H2,92,95)(H2,91,93,94)/b13-11+,17-12+,57-18+,61-46+/t56-,58-,59-,60-,62-,63+,68+,70+,73-,74+,75+,76-,82-,83+,90-/m1/s1. The molecular weight excluding hydrogens is 1560 g/mol. The molecule has 1 aliphatic carbocycles. The second kappa shape index (κ2) is 46.8. The Hall–Kier alpha value is -8.57. The summed E-state index contributed by atoms with van der Waals surface area (Å²) in [6, 6.07) is 10.7. The number of piperidine rings is 1. The van der Waals surface area contributed by atoms with E-state index in [1.54, 1.807) is 54.1 Å². The van der Waals surface area contributed by atoms with Crippen LogP contribution in [0, 0.1) is 35.5 Å². The van der Waals surface area contributed by atoms with Gasteiger partial charge >= 0.3 is 11.9 Å². The van der Waals surface area contributed by atoms with Crippen molar-refractivity contribution in [3.8, 4) is 11.3 Å². The molecular formula is C90H127N9O22. The number of benzene rings is 2. The first-order valence-electron chi connectivity index (χ1n) is 42.9. The Bertz CT molecular complexity index is 4390. The van der Waals surface area contributed by atoms with E-state index in [2.05, 4.69) is 33.2 Å². The lowest BCUT2D eigenvalue weighted by molar-refractivity contribution is -0.265. The van der Waals surface area contributed by atoms with E-state index in [1.807, 2.05) is 72.9 Å². The van der Waals surface area contributed by atoms with Crippen molar-refractivity contribution in [3.05, 3.63) is 107 Å². The summed E-state index contributed by atoms with van der Waals surface area (Å²) in [7, 11) is 4.51. The quantitative estimate of drug-likeness (QED) is 0.0135. The first-order valence-corrected chi connectivity index (χ1v) is 42.9. The van der Waals surface area contributed by atoms with Gasteiger partial charge in [-0.05, 0) is 155 Å². The number of hydrogen-bond donors (Lipinski definition) is 4. The molecule has 2 bridgehead atoms. The normalized spacial score (nSPS) is 27.8. The van der Waals surface area contributed by atoms with Gasteiger partial charge in [-0.1, -0.05) is 89.3 Å².